The molecular weight excluding hydrogens is 198 g/mol. The van der Waals surface area contributed by atoms with Crippen LogP contribution < -0.4 is 5.73 Å². The molecule has 1 rings (SSSR count). The molecule has 78 valence electrons. The van der Waals surface area contributed by atoms with Crippen molar-refractivity contribution in [2.75, 3.05) is 6.54 Å². The van der Waals surface area contributed by atoms with E-state index in [2.05, 4.69) is 0 Å². The van der Waals surface area contributed by atoms with Crippen LogP contribution in [0, 0.1) is 18.6 Å². The fourth-order valence-corrected chi connectivity index (χ4v) is 1.04. The van der Waals surface area contributed by atoms with Crippen molar-refractivity contribution in [2.45, 2.75) is 12.8 Å². The molecule has 0 radical (unpaired) electrons. The maximum absolute atomic E-state index is 13.0. The van der Waals surface area contributed by atoms with E-state index in [1.54, 1.807) is 0 Å². The molecule has 14 heavy (non-hydrogen) atoms. The molecule has 0 aliphatic heterocycles. The molecule has 0 unspecified atom stereocenters. The van der Waals surface area contributed by atoms with Gasteiger partial charge in [0.2, 0.25) is 0 Å². The van der Waals surface area contributed by atoms with Crippen LogP contribution >= 0.6 is 0 Å². The van der Waals surface area contributed by atoms with E-state index in [0.717, 1.165) is 6.07 Å². The van der Waals surface area contributed by atoms with Gasteiger partial charge in [-0.15, -0.1) is 0 Å². The third-order valence-corrected chi connectivity index (χ3v) is 1.90. The molecule has 0 aromatic heterocycles. The van der Waals surface area contributed by atoms with Crippen LogP contribution in [0.2, 0.25) is 0 Å². The van der Waals surface area contributed by atoms with Crippen molar-refractivity contribution in [1.29, 1.82) is 0 Å². The number of nitrogens with two attached hydrogens (primary N) is 1. The second kappa shape index (κ2) is 3.57. The van der Waals surface area contributed by atoms with Crippen molar-refractivity contribution in [3.8, 4) is 0 Å². The first-order valence-corrected chi connectivity index (χ1v) is 3.92. The Balaban J connectivity index is 3.29. The first-order chi connectivity index (χ1) is 6.38. The molecule has 0 amide bonds. The van der Waals surface area contributed by atoms with Gasteiger partial charge in [-0.2, -0.15) is 8.78 Å². The van der Waals surface area contributed by atoms with Crippen molar-refractivity contribution in [3.63, 3.8) is 0 Å². The van der Waals surface area contributed by atoms with Crippen molar-refractivity contribution >= 4 is 0 Å². The van der Waals surface area contributed by atoms with Gasteiger partial charge in [0.1, 0.15) is 11.6 Å². The van der Waals surface area contributed by atoms with Crippen LogP contribution in [0.3, 0.4) is 0 Å². The van der Waals surface area contributed by atoms with E-state index in [-0.39, 0.29) is 5.56 Å². The summed E-state index contributed by atoms with van der Waals surface area (Å²) in [5.74, 6) is -5.53. The lowest BCUT2D eigenvalue weighted by molar-refractivity contribution is 0.00203. The molecule has 2 N–H and O–H groups in total. The van der Waals surface area contributed by atoms with Crippen LogP contribution in [-0.4, -0.2) is 6.54 Å². The summed E-state index contributed by atoms with van der Waals surface area (Å²) in [7, 11) is 0. The predicted octanol–water partition coefficient (Wildman–Crippen LogP) is 2.32. The molecule has 0 aliphatic carbocycles. The van der Waals surface area contributed by atoms with Crippen LogP contribution in [0.4, 0.5) is 17.6 Å². The molecule has 0 bridgehead atoms. The van der Waals surface area contributed by atoms with Gasteiger partial charge in [-0.25, -0.2) is 8.78 Å². The Morgan fingerprint density at radius 2 is 1.79 bits per heavy atom. The third-order valence-electron chi connectivity index (χ3n) is 1.90. The zero-order chi connectivity index (χ0) is 10.9. The number of rotatable bonds is 2. The van der Waals surface area contributed by atoms with Gasteiger partial charge in [0, 0.05) is 0 Å². The Labute approximate surface area is 78.5 Å². The van der Waals surface area contributed by atoms with E-state index in [1.807, 2.05) is 0 Å². The molecule has 0 spiro atoms. The Morgan fingerprint density at radius 3 is 2.29 bits per heavy atom. The molecule has 0 saturated heterocycles. The highest BCUT2D eigenvalue weighted by molar-refractivity contribution is 5.28. The molecule has 0 saturated carbocycles. The first-order valence-electron chi connectivity index (χ1n) is 3.92. The zero-order valence-corrected chi connectivity index (χ0v) is 7.45. The minimum atomic E-state index is -3.53. The molecule has 1 aromatic carbocycles. The normalized spacial score (nSPS) is 11.9. The summed E-state index contributed by atoms with van der Waals surface area (Å²) in [6.45, 7) is 0.245. The second-order valence-corrected chi connectivity index (χ2v) is 2.99. The maximum Gasteiger partial charge on any atom is 0.288 e. The van der Waals surface area contributed by atoms with Gasteiger partial charge in [-0.05, 0) is 24.6 Å². The number of aryl methyl sites for hydroxylation is 1. The van der Waals surface area contributed by atoms with Gasteiger partial charge in [0.25, 0.3) is 5.92 Å². The Bertz CT molecular complexity index is 349. The lowest BCUT2D eigenvalue weighted by Crippen LogP contribution is -2.26. The van der Waals surface area contributed by atoms with Crippen LogP contribution in [0.25, 0.3) is 0 Å². The van der Waals surface area contributed by atoms with Crippen molar-refractivity contribution < 1.29 is 17.6 Å². The van der Waals surface area contributed by atoms with Crippen LogP contribution in [0.15, 0.2) is 12.1 Å². The van der Waals surface area contributed by atoms with E-state index in [1.165, 1.54) is 6.92 Å². The average molecular weight is 207 g/mol. The third kappa shape index (κ3) is 1.87. The number of hydrogen-bond acceptors (Lipinski definition) is 1. The Morgan fingerprint density at radius 1 is 1.21 bits per heavy atom. The molecule has 5 heteroatoms. The Kier molecular flexibility index (Phi) is 2.80. The highest BCUT2D eigenvalue weighted by atomic mass is 19.3. The zero-order valence-electron chi connectivity index (χ0n) is 7.45. The predicted molar refractivity (Wildman–Crippen MR) is 44.0 cm³/mol. The summed E-state index contributed by atoms with van der Waals surface area (Å²) in [5.41, 5.74) is 3.74. The summed E-state index contributed by atoms with van der Waals surface area (Å²) in [6, 6.07) is 1.21. The highest BCUT2D eigenvalue weighted by Crippen LogP contribution is 2.30. The minimum Gasteiger partial charge on any atom is -0.325 e. The summed E-state index contributed by atoms with van der Waals surface area (Å²) in [6.07, 6.45) is 0. The highest BCUT2D eigenvalue weighted by Gasteiger charge is 2.33. The van der Waals surface area contributed by atoms with Gasteiger partial charge in [0.05, 0.1) is 12.1 Å². The minimum absolute atomic E-state index is 0.0147. The van der Waals surface area contributed by atoms with Gasteiger partial charge in [-0.3, -0.25) is 0 Å². The lowest BCUT2D eigenvalue weighted by atomic mass is 10.1. The maximum atomic E-state index is 13.0. The van der Waals surface area contributed by atoms with Crippen LogP contribution in [-0.2, 0) is 5.92 Å². The smallest absolute Gasteiger partial charge is 0.288 e. The van der Waals surface area contributed by atoms with E-state index in [4.69, 9.17) is 5.73 Å². The topological polar surface area (TPSA) is 26.0 Å². The fourth-order valence-electron chi connectivity index (χ4n) is 1.04. The SMILES string of the molecule is Cc1cc(F)c(C(F)(F)CN)cc1F. The summed E-state index contributed by atoms with van der Waals surface area (Å²) >= 11 is 0. The van der Waals surface area contributed by atoms with Gasteiger partial charge in [-0.1, -0.05) is 0 Å². The van der Waals surface area contributed by atoms with Gasteiger partial charge in [0.15, 0.2) is 0 Å². The molecular formula is C9H9F4N. The van der Waals surface area contributed by atoms with Crippen LogP contribution in [0.1, 0.15) is 11.1 Å². The summed E-state index contributed by atoms with van der Waals surface area (Å²) < 4.78 is 51.7. The molecule has 1 aromatic rings. The molecule has 0 heterocycles. The van der Waals surface area contributed by atoms with E-state index >= 15 is 0 Å². The van der Waals surface area contributed by atoms with E-state index < -0.39 is 29.7 Å². The number of halogens is 4. The van der Waals surface area contributed by atoms with Gasteiger partial charge >= 0.3 is 0 Å². The first kappa shape index (κ1) is 11.0. The van der Waals surface area contributed by atoms with E-state index in [0.29, 0.717) is 6.07 Å². The summed E-state index contributed by atoms with van der Waals surface area (Å²) in [4.78, 5) is 0. The molecule has 0 atom stereocenters. The van der Waals surface area contributed by atoms with Crippen molar-refractivity contribution in [3.05, 3.63) is 34.9 Å². The second-order valence-electron chi connectivity index (χ2n) is 2.99. The number of hydrogen-bond donors (Lipinski definition) is 1. The van der Waals surface area contributed by atoms with Gasteiger partial charge < -0.3 is 5.73 Å². The lowest BCUT2D eigenvalue weighted by Gasteiger charge is -2.15. The number of benzene rings is 1. The monoisotopic (exact) mass is 207 g/mol. The standard InChI is InChI=1S/C9H9F4N/c1-5-2-8(11)6(3-7(5)10)9(12,13)4-14/h2-3H,4,14H2,1H3. The van der Waals surface area contributed by atoms with Crippen molar-refractivity contribution in [1.82, 2.24) is 0 Å². The quantitative estimate of drug-likeness (QED) is 0.740. The molecule has 1 nitrogen and oxygen atoms in total. The van der Waals surface area contributed by atoms with Crippen molar-refractivity contribution in [2.24, 2.45) is 5.73 Å². The largest absolute Gasteiger partial charge is 0.325 e. The summed E-state index contributed by atoms with van der Waals surface area (Å²) in [5, 5.41) is 0. The number of alkyl halides is 2. The fraction of sp³-hybridized carbons (Fsp3) is 0.333. The van der Waals surface area contributed by atoms with Crippen LogP contribution in [0.5, 0.6) is 0 Å². The van der Waals surface area contributed by atoms with E-state index in [9.17, 15) is 17.6 Å². The average Bonchev–Trinajstić information content (AvgIpc) is 2.11. The molecule has 0 fully saturated rings. The Hall–Kier alpha value is -1.10. The molecule has 0 aliphatic rings.